The van der Waals surface area contributed by atoms with Crippen LogP contribution in [-0.4, -0.2) is 43.5 Å². The van der Waals surface area contributed by atoms with E-state index in [-0.39, 0.29) is 23.7 Å². The summed E-state index contributed by atoms with van der Waals surface area (Å²) in [5, 5.41) is 2.85. The standard InChI is InChI=1S/C23H25FN2O4/c1-13-7-8-14(10-17(13)24)25-22(27)21-15-11-19(29-2)20(30-3)12-16(15)23(28)26-9-5-4-6-18(21)26/h7-8,10-12,18,21H,4-6,9H2,1-3H3,(H,25,27)/t18-,21+/m0/s1. The second-order valence-corrected chi connectivity index (χ2v) is 7.79. The number of ether oxygens (including phenoxy) is 2. The van der Waals surface area contributed by atoms with E-state index < -0.39 is 5.92 Å². The monoisotopic (exact) mass is 412 g/mol. The average molecular weight is 412 g/mol. The molecule has 30 heavy (non-hydrogen) atoms. The number of methoxy groups -OCH3 is 2. The molecule has 1 fully saturated rings. The lowest BCUT2D eigenvalue weighted by Gasteiger charge is -2.44. The number of amides is 2. The van der Waals surface area contributed by atoms with E-state index in [1.54, 1.807) is 36.1 Å². The van der Waals surface area contributed by atoms with Crippen LogP contribution in [0.1, 0.15) is 46.7 Å². The number of anilines is 1. The van der Waals surface area contributed by atoms with E-state index in [0.717, 1.165) is 19.3 Å². The smallest absolute Gasteiger partial charge is 0.254 e. The average Bonchev–Trinajstić information content (AvgIpc) is 2.75. The Morgan fingerprint density at radius 2 is 1.87 bits per heavy atom. The Bertz CT molecular complexity index is 1010. The van der Waals surface area contributed by atoms with Crippen molar-refractivity contribution in [1.29, 1.82) is 0 Å². The molecular weight excluding hydrogens is 387 g/mol. The van der Waals surface area contributed by atoms with Gasteiger partial charge in [0, 0.05) is 23.8 Å². The predicted octanol–water partition coefficient (Wildman–Crippen LogP) is 3.88. The summed E-state index contributed by atoms with van der Waals surface area (Å²) in [4.78, 5) is 28.4. The number of rotatable bonds is 4. The Labute approximate surface area is 175 Å². The van der Waals surface area contributed by atoms with Gasteiger partial charge in [-0.3, -0.25) is 9.59 Å². The number of benzene rings is 2. The molecular formula is C23H25FN2O4. The molecule has 158 valence electrons. The number of carbonyl (C=O) groups excluding carboxylic acids is 2. The number of halogens is 1. The number of piperidine rings is 1. The minimum atomic E-state index is -0.581. The Balaban J connectivity index is 1.78. The van der Waals surface area contributed by atoms with Gasteiger partial charge in [-0.1, -0.05) is 6.07 Å². The third-order valence-electron chi connectivity index (χ3n) is 6.04. The van der Waals surface area contributed by atoms with Crippen LogP contribution in [0.4, 0.5) is 10.1 Å². The lowest BCUT2D eigenvalue weighted by molar-refractivity contribution is -0.119. The topological polar surface area (TPSA) is 67.9 Å². The van der Waals surface area contributed by atoms with Crippen LogP contribution in [0.2, 0.25) is 0 Å². The Kier molecular flexibility index (Phi) is 5.37. The van der Waals surface area contributed by atoms with E-state index in [2.05, 4.69) is 5.32 Å². The zero-order chi connectivity index (χ0) is 21.4. The van der Waals surface area contributed by atoms with Crippen LogP contribution in [0, 0.1) is 12.7 Å². The van der Waals surface area contributed by atoms with E-state index in [4.69, 9.17) is 9.47 Å². The SMILES string of the molecule is COc1cc2c(cc1OC)[C@@H](C(=O)Nc1ccc(C)c(F)c1)[C@@H]1CCCCN1C2=O. The molecule has 2 aliphatic heterocycles. The number of carbonyl (C=O) groups is 2. The molecule has 0 spiro atoms. The normalized spacial score (nSPS) is 20.3. The molecule has 0 saturated carbocycles. The van der Waals surface area contributed by atoms with Gasteiger partial charge in [0.2, 0.25) is 5.91 Å². The molecule has 0 bridgehead atoms. The highest BCUT2D eigenvalue weighted by Crippen LogP contribution is 2.43. The molecule has 0 aliphatic carbocycles. The van der Waals surface area contributed by atoms with Gasteiger partial charge in [0.15, 0.2) is 11.5 Å². The highest BCUT2D eigenvalue weighted by molar-refractivity contribution is 6.04. The number of hydrogen-bond donors (Lipinski definition) is 1. The first-order valence-corrected chi connectivity index (χ1v) is 10.1. The molecule has 6 nitrogen and oxygen atoms in total. The number of fused-ring (bicyclic) bond motifs is 2. The summed E-state index contributed by atoms with van der Waals surface area (Å²) >= 11 is 0. The molecule has 2 aliphatic rings. The molecule has 7 heteroatoms. The predicted molar refractivity (Wildman–Crippen MR) is 111 cm³/mol. The molecule has 2 aromatic rings. The van der Waals surface area contributed by atoms with E-state index in [1.165, 1.54) is 20.3 Å². The molecule has 4 rings (SSSR count). The fourth-order valence-corrected chi connectivity index (χ4v) is 4.46. The van der Waals surface area contributed by atoms with Crippen LogP contribution in [0.3, 0.4) is 0 Å². The second-order valence-electron chi connectivity index (χ2n) is 7.79. The van der Waals surface area contributed by atoms with Gasteiger partial charge in [-0.25, -0.2) is 4.39 Å². The Morgan fingerprint density at radius 3 is 2.57 bits per heavy atom. The first-order chi connectivity index (χ1) is 14.4. The quantitative estimate of drug-likeness (QED) is 0.828. The van der Waals surface area contributed by atoms with E-state index in [0.29, 0.717) is 40.4 Å². The zero-order valence-electron chi connectivity index (χ0n) is 17.3. The largest absolute Gasteiger partial charge is 0.493 e. The summed E-state index contributed by atoms with van der Waals surface area (Å²) in [6.45, 7) is 2.28. The maximum atomic E-state index is 14.0. The molecule has 0 unspecified atom stereocenters. The lowest BCUT2D eigenvalue weighted by Crippen LogP contribution is -2.53. The van der Waals surface area contributed by atoms with Crippen molar-refractivity contribution < 1.29 is 23.5 Å². The van der Waals surface area contributed by atoms with Gasteiger partial charge in [-0.05, 0) is 61.6 Å². The minimum absolute atomic E-state index is 0.0962. The molecule has 0 radical (unpaired) electrons. The molecule has 1 saturated heterocycles. The number of aryl methyl sites for hydroxylation is 1. The summed E-state index contributed by atoms with van der Waals surface area (Å²) in [6.07, 6.45) is 2.59. The third kappa shape index (κ3) is 3.38. The van der Waals surface area contributed by atoms with Crippen molar-refractivity contribution >= 4 is 17.5 Å². The van der Waals surface area contributed by atoms with Crippen molar-refractivity contribution in [2.45, 2.75) is 38.1 Å². The van der Waals surface area contributed by atoms with Gasteiger partial charge >= 0.3 is 0 Å². The first kappa shape index (κ1) is 20.2. The summed E-state index contributed by atoms with van der Waals surface area (Å²) in [6, 6.07) is 7.75. The maximum Gasteiger partial charge on any atom is 0.254 e. The summed E-state index contributed by atoms with van der Waals surface area (Å²) in [5.41, 5.74) is 1.97. The molecule has 2 amide bonds. The van der Waals surface area contributed by atoms with Crippen LogP contribution in [0.5, 0.6) is 11.5 Å². The van der Waals surface area contributed by atoms with Crippen LogP contribution in [-0.2, 0) is 4.79 Å². The van der Waals surface area contributed by atoms with Crippen molar-refractivity contribution in [3.8, 4) is 11.5 Å². The number of hydrogen-bond acceptors (Lipinski definition) is 4. The van der Waals surface area contributed by atoms with Crippen LogP contribution in [0.15, 0.2) is 30.3 Å². The van der Waals surface area contributed by atoms with Crippen LogP contribution < -0.4 is 14.8 Å². The molecule has 1 N–H and O–H groups in total. The van der Waals surface area contributed by atoms with Gasteiger partial charge < -0.3 is 19.7 Å². The number of nitrogens with one attached hydrogen (secondary N) is 1. The lowest BCUT2D eigenvalue weighted by atomic mass is 9.78. The van der Waals surface area contributed by atoms with Crippen molar-refractivity contribution in [2.75, 3.05) is 26.1 Å². The van der Waals surface area contributed by atoms with Crippen LogP contribution in [0.25, 0.3) is 0 Å². The molecule has 0 aromatic heterocycles. The molecule has 2 atom stereocenters. The summed E-state index contributed by atoms with van der Waals surface area (Å²) in [5.74, 6) is -0.413. The summed E-state index contributed by atoms with van der Waals surface area (Å²) in [7, 11) is 3.03. The van der Waals surface area contributed by atoms with Gasteiger partial charge in [-0.15, -0.1) is 0 Å². The Hall–Kier alpha value is -3.09. The third-order valence-corrected chi connectivity index (χ3v) is 6.04. The van der Waals surface area contributed by atoms with Crippen molar-refractivity contribution in [1.82, 2.24) is 4.90 Å². The van der Waals surface area contributed by atoms with E-state index in [9.17, 15) is 14.0 Å². The molecule has 2 aromatic carbocycles. The number of nitrogens with zero attached hydrogens (tertiary/aromatic N) is 1. The summed E-state index contributed by atoms with van der Waals surface area (Å²) < 4.78 is 24.8. The van der Waals surface area contributed by atoms with E-state index >= 15 is 0 Å². The van der Waals surface area contributed by atoms with E-state index in [1.807, 2.05) is 0 Å². The first-order valence-electron chi connectivity index (χ1n) is 10.1. The minimum Gasteiger partial charge on any atom is -0.493 e. The maximum absolute atomic E-state index is 14.0. The zero-order valence-corrected chi connectivity index (χ0v) is 17.3. The van der Waals surface area contributed by atoms with Gasteiger partial charge in [0.25, 0.3) is 5.91 Å². The second kappa shape index (κ2) is 7.97. The van der Waals surface area contributed by atoms with Crippen molar-refractivity contribution in [3.05, 3.63) is 52.8 Å². The van der Waals surface area contributed by atoms with Gasteiger partial charge in [0.1, 0.15) is 5.82 Å². The fourth-order valence-electron chi connectivity index (χ4n) is 4.46. The highest BCUT2D eigenvalue weighted by atomic mass is 19.1. The van der Waals surface area contributed by atoms with Gasteiger partial charge in [0.05, 0.1) is 20.1 Å². The Morgan fingerprint density at radius 1 is 1.13 bits per heavy atom. The van der Waals surface area contributed by atoms with Crippen LogP contribution >= 0.6 is 0 Å². The fraction of sp³-hybridized carbons (Fsp3) is 0.391. The van der Waals surface area contributed by atoms with Crippen molar-refractivity contribution in [2.24, 2.45) is 0 Å². The highest BCUT2D eigenvalue weighted by Gasteiger charge is 2.45. The molecule has 2 heterocycles. The van der Waals surface area contributed by atoms with Gasteiger partial charge in [-0.2, -0.15) is 0 Å². The van der Waals surface area contributed by atoms with Crippen molar-refractivity contribution in [3.63, 3.8) is 0 Å².